The van der Waals surface area contributed by atoms with Crippen molar-refractivity contribution < 1.29 is 0 Å². The summed E-state index contributed by atoms with van der Waals surface area (Å²) >= 11 is 1.35. The molecule has 0 saturated carbocycles. The van der Waals surface area contributed by atoms with Crippen molar-refractivity contribution in [1.29, 1.82) is 0 Å². The summed E-state index contributed by atoms with van der Waals surface area (Å²) in [6, 6.07) is 0. The Hall–Kier alpha value is -1.50. The van der Waals surface area contributed by atoms with E-state index >= 15 is 0 Å². The molecule has 0 amide bonds. The summed E-state index contributed by atoms with van der Waals surface area (Å²) in [6.45, 7) is 2.05. The quantitative estimate of drug-likeness (QED) is 0.840. The standard InChI is InChI=1S/C8H12N6S/c1-4-5-6(15-13-10-5)7-11-12-8(9-2)14(7)3/h4H2,1-3H3,(H,9,12). The fourth-order valence-corrected chi connectivity index (χ4v) is 2.13. The van der Waals surface area contributed by atoms with Crippen molar-refractivity contribution in [3.63, 3.8) is 0 Å². The van der Waals surface area contributed by atoms with E-state index in [-0.39, 0.29) is 0 Å². The SMILES string of the molecule is CCc1nnsc1-c1nnc(NC)n1C. The van der Waals surface area contributed by atoms with Crippen LogP contribution in [0.5, 0.6) is 0 Å². The minimum absolute atomic E-state index is 0.737. The highest BCUT2D eigenvalue weighted by atomic mass is 32.1. The van der Waals surface area contributed by atoms with Crippen LogP contribution < -0.4 is 5.32 Å². The predicted molar refractivity (Wildman–Crippen MR) is 58.8 cm³/mol. The zero-order valence-electron chi connectivity index (χ0n) is 8.85. The second-order valence-electron chi connectivity index (χ2n) is 3.06. The Morgan fingerprint density at radius 1 is 1.33 bits per heavy atom. The van der Waals surface area contributed by atoms with Crippen LogP contribution in [0.3, 0.4) is 0 Å². The molecule has 0 aliphatic heterocycles. The van der Waals surface area contributed by atoms with Crippen molar-refractivity contribution in [2.75, 3.05) is 12.4 Å². The minimum Gasteiger partial charge on any atom is -0.357 e. The van der Waals surface area contributed by atoms with Crippen molar-refractivity contribution in [3.8, 4) is 10.7 Å². The van der Waals surface area contributed by atoms with Gasteiger partial charge in [0.05, 0.1) is 5.69 Å². The van der Waals surface area contributed by atoms with Crippen molar-refractivity contribution >= 4 is 17.5 Å². The van der Waals surface area contributed by atoms with E-state index in [1.165, 1.54) is 11.5 Å². The molecule has 0 atom stereocenters. The maximum Gasteiger partial charge on any atom is 0.224 e. The molecule has 0 aliphatic rings. The molecule has 0 aliphatic carbocycles. The Labute approximate surface area is 91.5 Å². The number of anilines is 1. The highest BCUT2D eigenvalue weighted by molar-refractivity contribution is 7.09. The third-order valence-corrected chi connectivity index (χ3v) is 2.96. The van der Waals surface area contributed by atoms with Crippen LogP contribution in [0, 0.1) is 0 Å². The van der Waals surface area contributed by atoms with Gasteiger partial charge in [-0.1, -0.05) is 11.4 Å². The normalized spacial score (nSPS) is 10.6. The van der Waals surface area contributed by atoms with Crippen LogP contribution in [0.25, 0.3) is 10.7 Å². The lowest BCUT2D eigenvalue weighted by Gasteiger charge is -2.01. The van der Waals surface area contributed by atoms with E-state index in [2.05, 4.69) is 32.0 Å². The first kappa shape index (κ1) is 10.0. The van der Waals surface area contributed by atoms with Crippen LogP contribution in [-0.2, 0) is 13.5 Å². The summed E-state index contributed by atoms with van der Waals surface area (Å²) < 4.78 is 5.83. The summed E-state index contributed by atoms with van der Waals surface area (Å²) in [4.78, 5) is 0.994. The van der Waals surface area contributed by atoms with E-state index in [1.807, 2.05) is 18.7 Å². The Morgan fingerprint density at radius 3 is 2.73 bits per heavy atom. The van der Waals surface area contributed by atoms with E-state index in [1.54, 1.807) is 0 Å². The number of hydrogen-bond donors (Lipinski definition) is 1. The third kappa shape index (κ3) is 1.58. The van der Waals surface area contributed by atoms with Gasteiger partial charge in [0.15, 0.2) is 5.82 Å². The number of hydrogen-bond acceptors (Lipinski definition) is 6. The van der Waals surface area contributed by atoms with Gasteiger partial charge in [-0.15, -0.1) is 15.3 Å². The molecule has 0 unspecified atom stereocenters. The largest absolute Gasteiger partial charge is 0.357 e. The number of rotatable bonds is 3. The Balaban J connectivity index is 2.49. The van der Waals surface area contributed by atoms with Crippen molar-refractivity contribution in [3.05, 3.63) is 5.69 Å². The molecule has 0 aromatic carbocycles. The van der Waals surface area contributed by atoms with Crippen LogP contribution in [0.2, 0.25) is 0 Å². The highest BCUT2D eigenvalue weighted by Crippen LogP contribution is 2.25. The van der Waals surface area contributed by atoms with Gasteiger partial charge in [-0.2, -0.15) is 0 Å². The molecule has 0 bridgehead atoms. The van der Waals surface area contributed by atoms with Gasteiger partial charge in [0.1, 0.15) is 4.88 Å². The van der Waals surface area contributed by atoms with Gasteiger partial charge < -0.3 is 5.32 Å². The second kappa shape index (κ2) is 3.93. The van der Waals surface area contributed by atoms with Gasteiger partial charge in [-0.25, -0.2) is 0 Å². The Bertz CT molecular complexity index is 459. The molecule has 6 nitrogen and oxygen atoms in total. The molecule has 0 saturated heterocycles. The summed E-state index contributed by atoms with van der Waals surface area (Å²) in [5, 5.41) is 15.2. The zero-order valence-corrected chi connectivity index (χ0v) is 9.67. The molecule has 80 valence electrons. The average molecular weight is 224 g/mol. The number of nitrogens with zero attached hydrogens (tertiary/aromatic N) is 5. The van der Waals surface area contributed by atoms with Crippen LogP contribution in [0.15, 0.2) is 0 Å². The van der Waals surface area contributed by atoms with Gasteiger partial charge in [-0.3, -0.25) is 4.57 Å². The van der Waals surface area contributed by atoms with E-state index in [4.69, 9.17) is 0 Å². The predicted octanol–water partition coefficient (Wildman–Crippen LogP) is 0.938. The van der Waals surface area contributed by atoms with E-state index in [0.29, 0.717) is 0 Å². The van der Waals surface area contributed by atoms with Gasteiger partial charge in [0.25, 0.3) is 0 Å². The summed E-state index contributed by atoms with van der Waals surface area (Å²) in [6.07, 6.45) is 0.855. The maximum absolute atomic E-state index is 4.12. The monoisotopic (exact) mass is 224 g/mol. The lowest BCUT2D eigenvalue weighted by molar-refractivity contribution is 0.919. The molecule has 2 aromatic heterocycles. The fraction of sp³-hybridized carbons (Fsp3) is 0.500. The molecule has 2 rings (SSSR count). The van der Waals surface area contributed by atoms with Crippen LogP contribution >= 0.6 is 11.5 Å². The maximum atomic E-state index is 4.12. The minimum atomic E-state index is 0.737. The van der Waals surface area contributed by atoms with E-state index in [9.17, 15) is 0 Å². The molecule has 2 aromatic rings. The summed E-state index contributed by atoms with van der Waals surface area (Å²) in [5.41, 5.74) is 0.971. The van der Waals surface area contributed by atoms with Crippen molar-refractivity contribution in [2.24, 2.45) is 7.05 Å². The first-order valence-electron chi connectivity index (χ1n) is 4.66. The second-order valence-corrected chi connectivity index (χ2v) is 3.81. The first-order valence-corrected chi connectivity index (χ1v) is 5.44. The number of aromatic nitrogens is 5. The molecule has 2 heterocycles. The van der Waals surface area contributed by atoms with Gasteiger partial charge in [-0.05, 0) is 18.0 Å². The van der Waals surface area contributed by atoms with Crippen LogP contribution in [-0.4, -0.2) is 31.4 Å². The van der Waals surface area contributed by atoms with E-state index < -0.39 is 0 Å². The van der Waals surface area contributed by atoms with Crippen molar-refractivity contribution in [1.82, 2.24) is 24.4 Å². The fourth-order valence-electron chi connectivity index (χ4n) is 1.35. The third-order valence-electron chi connectivity index (χ3n) is 2.19. The number of nitrogens with one attached hydrogen (secondary N) is 1. The zero-order chi connectivity index (χ0) is 10.8. The molecule has 15 heavy (non-hydrogen) atoms. The van der Waals surface area contributed by atoms with Crippen LogP contribution in [0.1, 0.15) is 12.6 Å². The van der Waals surface area contributed by atoms with Gasteiger partial charge in [0.2, 0.25) is 5.95 Å². The topological polar surface area (TPSA) is 68.5 Å². The summed E-state index contributed by atoms with van der Waals surface area (Å²) in [5.74, 6) is 1.55. The Morgan fingerprint density at radius 2 is 2.13 bits per heavy atom. The molecular weight excluding hydrogens is 212 g/mol. The lowest BCUT2D eigenvalue weighted by atomic mass is 10.3. The molecule has 1 N–H and O–H groups in total. The molecular formula is C8H12N6S. The summed E-state index contributed by atoms with van der Waals surface area (Å²) in [7, 11) is 3.74. The smallest absolute Gasteiger partial charge is 0.224 e. The Kier molecular flexibility index (Phi) is 2.63. The van der Waals surface area contributed by atoms with Crippen LogP contribution in [0.4, 0.5) is 5.95 Å². The first-order chi connectivity index (χ1) is 7.27. The van der Waals surface area contributed by atoms with E-state index in [0.717, 1.165) is 28.8 Å². The van der Waals surface area contributed by atoms with Crippen molar-refractivity contribution in [2.45, 2.75) is 13.3 Å². The molecule has 0 radical (unpaired) electrons. The average Bonchev–Trinajstić information content (AvgIpc) is 2.83. The van der Waals surface area contributed by atoms with Gasteiger partial charge in [0, 0.05) is 14.1 Å². The number of aryl methyl sites for hydroxylation is 1. The van der Waals surface area contributed by atoms with Gasteiger partial charge >= 0.3 is 0 Å². The lowest BCUT2D eigenvalue weighted by Crippen LogP contribution is -2.00. The molecule has 0 fully saturated rings. The molecule has 7 heteroatoms. The molecule has 0 spiro atoms. The highest BCUT2D eigenvalue weighted by Gasteiger charge is 2.15.